The van der Waals surface area contributed by atoms with Crippen molar-refractivity contribution in [1.29, 1.82) is 0 Å². The third kappa shape index (κ3) is 1.79. The van der Waals surface area contributed by atoms with Crippen LogP contribution in [0.1, 0.15) is 10.5 Å². The molecule has 0 saturated carbocycles. The molecule has 10 heteroatoms. The highest BCUT2D eigenvalue weighted by Gasteiger charge is 2.49. The molecule has 0 aliphatic rings. The fourth-order valence-corrected chi connectivity index (χ4v) is 1.54. The van der Waals surface area contributed by atoms with Crippen molar-refractivity contribution in [1.82, 2.24) is 9.19 Å². The average Bonchev–Trinajstić information content (AvgIpc) is 2.48. The smallest absolute Gasteiger partial charge is 0.364 e. The van der Waals surface area contributed by atoms with Gasteiger partial charge < -0.3 is 5.73 Å². The molecular weight excluding hydrogens is 239 g/mol. The second kappa shape index (κ2) is 3.22. The molecule has 0 fully saturated rings. The quantitative estimate of drug-likeness (QED) is 0.769. The summed E-state index contributed by atoms with van der Waals surface area (Å²) >= 11 is 0. The number of hydrogen-bond donors (Lipinski definition) is 1. The predicted octanol–water partition coefficient (Wildman–Crippen LogP) is -0.320. The minimum absolute atomic E-state index is 0.449. The third-order valence-corrected chi connectivity index (χ3v) is 2.71. The van der Waals surface area contributed by atoms with Crippen LogP contribution >= 0.6 is 0 Å². The summed E-state index contributed by atoms with van der Waals surface area (Å²) in [6, 6.07) is 0.769. The zero-order chi connectivity index (χ0) is 11.9. The number of carbonyl (C=O) groups is 1. The molecule has 1 rings (SSSR count). The van der Waals surface area contributed by atoms with Crippen LogP contribution in [-0.4, -0.2) is 29.0 Å². The Morgan fingerprint density at radius 3 is 2.40 bits per heavy atom. The lowest BCUT2D eigenvalue weighted by Gasteiger charge is -2.08. The van der Waals surface area contributed by atoms with Gasteiger partial charge in [-0.05, 0) is 6.07 Å². The van der Waals surface area contributed by atoms with Crippen molar-refractivity contribution in [2.24, 2.45) is 5.73 Å². The molecule has 0 unspecified atom stereocenters. The molecule has 0 aromatic carbocycles. The van der Waals surface area contributed by atoms with Gasteiger partial charge in [0.25, 0.3) is 5.91 Å². The number of alkyl halides is 3. The Morgan fingerprint density at radius 2 is 2.00 bits per heavy atom. The molecule has 0 radical (unpaired) electrons. The molecular formula is C5H4F3N3O3S. The fraction of sp³-hybridized carbons (Fsp3) is 0.200. The number of rotatable bonds is 2. The van der Waals surface area contributed by atoms with Gasteiger partial charge in [-0.1, -0.05) is 0 Å². The van der Waals surface area contributed by atoms with E-state index in [9.17, 15) is 26.4 Å². The van der Waals surface area contributed by atoms with Gasteiger partial charge in [0, 0.05) is 0 Å². The summed E-state index contributed by atoms with van der Waals surface area (Å²) in [5.74, 6) is -1.32. The summed E-state index contributed by atoms with van der Waals surface area (Å²) in [6.07, 6.45) is 0.726. The van der Waals surface area contributed by atoms with E-state index in [1.807, 2.05) is 0 Å². The van der Waals surface area contributed by atoms with E-state index in [1.54, 1.807) is 0 Å². The van der Waals surface area contributed by atoms with Crippen molar-refractivity contribution in [3.8, 4) is 0 Å². The molecule has 84 valence electrons. The third-order valence-electron chi connectivity index (χ3n) is 1.38. The highest BCUT2D eigenvalue weighted by atomic mass is 32.2. The number of carbonyl (C=O) groups excluding carboxylic acids is 1. The Hall–Kier alpha value is -1.58. The van der Waals surface area contributed by atoms with Crippen molar-refractivity contribution in [2.45, 2.75) is 5.51 Å². The molecule has 15 heavy (non-hydrogen) atoms. The Bertz CT molecular complexity index is 489. The molecule has 0 saturated heterocycles. The van der Waals surface area contributed by atoms with E-state index in [2.05, 4.69) is 10.8 Å². The standard InChI is InChI=1S/C5H4F3N3O3S/c6-5(7,8)15(13,14)11-3(4(9)12)1-2-10-11/h1-2H,(H2,9,12). The first-order valence-electron chi connectivity index (χ1n) is 3.33. The van der Waals surface area contributed by atoms with Gasteiger partial charge in [0.05, 0.1) is 6.20 Å². The van der Waals surface area contributed by atoms with Gasteiger partial charge in [0.2, 0.25) is 0 Å². The number of halogens is 3. The largest absolute Gasteiger partial charge is 0.518 e. The Kier molecular flexibility index (Phi) is 2.47. The number of hydrogen-bond acceptors (Lipinski definition) is 4. The summed E-state index contributed by atoms with van der Waals surface area (Å²) in [5, 5.41) is 2.88. The van der Waals surface area contributed by atoms with E-state index >= 15 is 0 Å². The molecule has 1 aromatic heterocycles. The first kappa shape index (κ1) is 11.5. The Morgan fingerprint density at radius 1 is 1.47 bits per heavy atom. The zero-order valence-corrected chi connectivity index (χ0v) is 7.71. The summed E-state index contributed by atoms with van der Waals surface area (Å²) in [4.78, 5) is 10.6. The van der Waals surface area contributed by atoms with Crippen LogP contribution in [0.4, 0.5) is 13.2 Å². The minimum atomic E-state index is -5.70. The Balaban J connectivity index is 3.42. The van der Waals surface area contributed by atoms with Gasteiger partial charge in [-0.3, -0.25) is 4.79 Å². The molecule has 0 spiro atoms. The number of primary amides is 1. The molecule has 0 bridgehead atoms. The SMILES string of the molecule is NC(=O)c1ccnn1S(=O)(=O)C(F)(F)F. The van der Waals surface area contributed by atoms with E-state index in [4.69, 9.17) is 0 Å². The molecule has 1 amide bonds. The van der Waals surface area contributed by atoms with Gasteiger partial charge in [-0.15, -0.1) is 4.09 Å². The van der Waals surface area contributed by atoms with Crippen LogP contribution in [0.3, 0.4) is 0 Å². The average molecular weight is 243 g/mol. The van der Waals surface area contributed by atoms with Gasteiger partial charge in [0.1, 0.15) is 5.69 Å². The number of nitrogens with zero attached hydrogens (tertiary/aromatic N) is 2. The lowest BCUT2D eigenvalue weighted by Crippen LogP contribution is -2.33. The van der Waals surface area contributed by atoms with Gasteiger partial charge in [-0.2, -0.15) is 26.7 Å². The fourth-order valence-electron chi connectivity index (χ4n) is 0.756. The van der Waals surface area contributed by atoms with Crippen LogP contribution in [-0.2, 0) is 10.0 Å². The van der Waals surface area contributed by atoms with Crippen LogP contribution in [0.25, 0.3) is 0 Å². The molecule has 0 aliphatic carbocycles. The van der Waals surface area contributed by atoms with Crippen LogP contribution in [0.15, 0.2) is 12.3 Å². The maximum absolute atomic E-state index is 12.0. The highest BCUT2D eigenvalue weighted by molar-refractivity contribution is 7.90. The lowest BCUT2D eigenvalue weighted by atomic mass is 10.4. The van der Waals surface area contributed by atoms with Crippen molar-refractivity contribution >= 4 is 15.9 Å². The van der Waals surface area contributed by atoms with Crippen LogP contribution in [0, 0.1) is 0 Å². The minimum Gasteiger partial charge on any atom is -0.364 e. The summed E-state index contributed by atoms with van der Waals surface area (Å²) < 4.78 is 57.3. The monoisotopic (exact) mass is 243 g/mol. The molecule has 0 aliphatic heterocycles. The molecule has 6 nitrogen and oxygen atoms in total. The topological polar surface area (TPSA) is 95.1 Å². The normalized spacial score (nSPS) is 12.7. The maximum atomic E-state index is 12.0. The first-order valence-corrected chi connectivity index (χ1v) is 4.77. The van der Waals surface area contributed by atoms with E-state index < -0.39 is 31.2 Å². The van der Waals surface area contributed by atoms with E-state index in [-0.39, 0.29) is 0 Å². The lowest BCUT2D eigenvalue weighted by molar-refractivity contribution is -0.0449. The van der Waals surface area contributed by atoms with Crippen molar-refractivity contribution in [3.05, 3.63) is 18.0 Å². The van der Waals surface area contributed by atoms with E-state index in [1.165, 1.54) is 0 Å². The summed E-state index contributed by atoms with van der Waals surface area (Å²) in [5.41, 5.74) is -1.73. The zero-order valence-electron chi connectivity index (χ0n) is 6.89. The summed E-state index contributed by atoms with van der Waals surface area (Å²) in [6.45, 7) is 0. The van der Waals surface area contributed by atoms with E-state index in [0.717, 1.165) is 12.3 Å². The van der Waals surface area contributed by atoms with Gasteiger partial charge in [0.15, 0.2) is 0 Å². The van der Waals surface area contributed by atoms with Crippen molar-refractivity contribution in [3.63, 3.8) is 0 Å². The highest BCUT2D eigenvalue weighted by Crippen LogP contribution is 2.25. The second-order valence-electron chi connectivity index (χ2n) is 2.37. The van der Waals surface area contributed by atoms with Crippen molar-refractivity contribution < 1.29 is 26.4 Å². The van der Waals surface area contributed by atoms with Crippen LogP contribution in [0.2, 0.25) is 0 Å². The first-order chi connectivity index (χ1) is 6.68. The maximum Gasteiger partial charge on any atom is 0.518 e. The van der Waals surface area contributed by atoms with Gasteiger partial charge >= 0.3 is 15.5 Å². The molecule has 0 atom stereocenters. The van der Waals surface area contributed by atoms with Crippen LogP contribution in [0.5, 0.6) is 0 Å². The van der Waals surface area contributed by atoms with Crippen LogP contribution < -0.4 is 5.73 Å². The number of aromatic nitrogens is 2. The Labute approximate surface area is 81.5 Å². The van der Waals surface area contributed by atoms with Gasteiger partial charge in [-0.25, -0.2) is 0 Å². The number of nitrogens with two attached hydrogens (primary N) is 1. The molecule has 1 heterocycles. The van der Waals surface area contributed by atoms with Crippen molar-refractivity contribution in [2.75, 3.05) is 0 Å². The molecule has 1 aromatic rings. The second-order valence-corrected chi connectivity index (χ2v) is 4.13. The summed E-state index contributed by atoms with van der Waals surface area (Å²) in [7, 11) is -5.70. The van der Waals surface area contributed by atoms with E-state index in [0.29, 0.717) is 0 Å². The predicted molar refractivity (Wildman–Crippen MR) is 41.1 cm³/mol. The molecule has 2 N–H and O–H groups in total. The number of amides is 1.